The molecular formula is C27H23ClN2O4S2. The van der Waals surface area contributed by atoms with Crippen molar-refractivity contribution in [2.24, 2.45) is 0 Å². The van der Waals surface area contributed by atoms with Gasteiger partial charge in [0, 0.05) is 15.5 Å². The molecule has 184 valence electrons. The van der Waals surface area contributed by atoms with E-state index < -0.39 is 17.7 Å². The molecular weight excluding hydrogens is 516 g/mol. The van der Waals surface area contributed by atoms with E-state index in [1.165, 1.54) is 27.6 Å². The number of aliphatic hydroxyl groups excluding tert-OH is 1. The number of nitrogens with zero attached hydrogens (tertiary/aromatic N) is 2. The van der Waals surface area contributed by atoms with E-state index in [1.54, 1.807) is 31.4 Å². The summed E-state index contributed by atoms with van der Waals surface area (Å²) in [5.74, 6) is -0.879. The lowest BCUT2D eigenvalue weighted by molar-refractivity contribution is -0.132. The van der Waals surface area contributed by atoms with E-state index in [4.69, 9.17) is 16.3 Å². The van der Waals surface area contributed by atoms with Crippen LogP contribution in [0.2, 0.25) is 5.02 Å². The zero-order valence-electron chi connectivity index (χ0n) is 20.0. The van der Waals surface area contributed by atoms with Crippen LogP contribution in [0.15, 0.2) is 53.4 Å². The van der Waals surface area contributed by atoms with Crippen molar-refractivity contribution in [3.63, 3.8) is 0 Å². The number of hydrogen-bond acceptors (Lipinski definition) is 7. The molecule has 1 N–H and O–H groups in total. The zero-order chi connectivity index (χ0) is 25.7. The molecule has 2 aromatic carbocycles. The summed E-state index contributed by atoms with van der Waals surface area (Å²) < 4.78 is 6.32. The number of methoxy groups -OCH3 is 1. The second kappa shape index (κ2) is 9.35. The number of benzene rings is 2. The third-order valence-electron chi connectivity index (χ3n) is 6.25. The molecule has 6 nitrogen and oxygen atoms in total. The molecule has 1 aliphatic heterocycles. The molecule has 36 heavy (non-hydrogen) atoms. The van der Waals surface area contributed by atoms with Crippen molar-refractivity contribution in [3.8, 4) is 5.75 Å². The maximum atomic E-state index is 13.4. The van der Waals surface area contributed by atoms with Gasteiger partial charge in [0.05, 0.1) is 22.9 Å². The normalized spacial score (nSPS) is 17.5. The predicted octanol–water partition coefficient (Wildman–Crippen LogP) is 7.08. The van der Waals surface area contributed by atoms with Crippen LogP contribution in [0.25, 0.3) is 16.0 Å². The highest BCUT2D eigenvalue weighted by Gasteiger charge is 2.48. The number of thiophene rings is 1. The Kier molecular flexibility index (Phi) is 6.36. The third kappa shape index (κ3) is 3.99. The molecule has 1 unspecified atom stereocenters. The number of amides is 1. The van der Waals surface area contributed by atoms with Gasteiger partial charge in [0.25, 0.3) is 5.78 Å². The number of rotatable bonds is 5. The number of thiazole rings is 1. The summed E-state index contributed by atoms with van der Waals surface area (Å²) in [6.45, 7) is 5.94. The van der Waals surface area contributed by atoms with Crippen LogP contribution in [0.3, 0.4) is 0 Å². The Balaban J connectivity index is 1.70. The van der Waals surface area contributed by atoms with Gasteiger partial charge in [-0.3, -0.25) is 14.5 Å². The Labute approximate surface area is 221 Å². The maximum Gasteiger partial charge on any atom is 0.301 e. The fraction of sp³-hybridized carbons (Fsp3) is 0.222. The number of aryl methyl sites for hydroxylation is 1. The van der Waals surface area contributed by atoms with Crippen LogP contribution >= 0.6 is 34.3 Å². The number of carbonyl (C=O) groups is 2. The first-order valence-corrected chi connectivity index (χ1v) is 13.4. The first-order valence-electron chi connectivity index (χ1n) is 11.3. The van der Waals surface area contributed by atoms with Crippen molar-refractivity contribution in [2.75, 3.05) is 12.0 Å². The van der Waals surface area contributed by atoms with Gasteiger partial charge in [-0.15, -0.1) is 11.3 Å². The second-order valence-electron chi connectivity index (χ2n) is 8.86. The lowest BCUT2D eigenvalue weighted by Crippen LogP contribution is -2.28. The van der Waals surface area contributed by atoms with E-state index in [-0.39, 0.29) is 17.3 Å². The SMILES string of the molecule is COc1ccc(/C(O)=C2\C(=O)C(=O)N(c3nc4cc(Cl)c(C)cc4s3)C2c2cccs2)cc1C(C)C. The number of halogens is 1. The van der Waals surface area contributed by atoms with Crippen molar-refractivity contribution in [2.45, 2.75) is 32.7 Å². The van der Waals surface area contributed by atoms with Gasteiger partial charge >= 0.3 is 5.91 Å². The molecule has 9 heteroatoms. The highest BCUT2D eigenvalue weighted by molar-refractivity contribution is 7.22. The molecule has 2 aromatic heterocycles. The average molecular weight is 539 g/mol. The van der Waals surface area contributed by atoms with Crippen LogP contribution in [0, 0.1) is 6.92 Å². The number of ether oxygens (including phenoxy) is 1. The lowest BCUT2D eigenvalue weighted by Gasteiger charge is -2.21. The van der Waals surface area contributed by atoms with Gasteiger partial charge in [-0.2, -0.15) is 0 Å². The monoisotopic (exact) mass is 538 g/mol. The molecule has 1 aliphatic rings. The van der Waals surface area contributed by atoms with Crippen molar-refractivity contribution in [1.82, 2.24) is 4.98 Å². The number of fused-ring (bicyclic) bond motifs is 1. The second-order valence-corrected chi connectivity index (χ2v) is 11.3. The highest BCUT2D eigenvalue weighted by atomic mass is 35.5. The Morgan fingerprint density at radius 1 is 1.19 bits per heavy atom. The van der Waals surface area contributed by atoms with E-state index in [2.05, 4.69) is 4.98 Å². The maximum absolute atomic E-state index is 13.4. The first kappa shape index (κ1) is 24.5. The van der Waals surface area contributed by atoms with E-state index >= 15 is 0 Å². The van der Waals surface area contributed by atoms with Crippen molar-refractivity contribution in [1.29, 1.82) is 0 Å². The van der Waals surface area contributed by atoms with Crippen molar-refractivity contribution >= 4 is 67.1 Å². The molecule has 1 atom stereocenters. The number of aromatic nitrogens is 1. The summed E-state index contributed by atoms with van der Waals surface area (Å²) in [6.07, 6.45) is 0. The standard InChI is InChI=1S/C27H23ClN2O4S2/c1-13(2)16-11-15(7-8-19(16)34-4)24(31)22-23(20-6-5-9-35-20)30(26(33)25(22)32)27-29-18-12-17(28)14(3)10-21(18)36-27/h5-13,23,31H,1-4H3/b24-22+. The molecule has 4 aromatic rings. The van der Waals surface area contributed by atoms with Crippen LogP contribution in [-0.2, 0) is 9.59 Å². The number of aliphatic hydroxyl groups is 1. The van der Waals surface area contributed by atoms with Gasteiger partial charge in [-0.25, -0.2) is 4.98 Å². The van der Waals surface area contributed by atoms with Gasteiger partial charge in [-0.05, 0) is 65.7 Å². The Hall–Kier alpha value is -3.20. The molecule has 5 rings (SSSR count). The largest absolute Gasteiger partial charge is 0.507 e. The van der Waals surface area contributed by atoms with Gasteiger partial charge in [-0.1, -0.05) is 42.9 Å². The molecule has 0 aliphatic carbocycles. The molecule has 0 radical (unpaired) electrons. The minimum absolute atomic E-state index is 0.0378. The fourth-order valence-electron chi connectivity index (χ4n) is 4.38. The van der Waals surface area contributed by atoms with E-state index in [0.717, 1.165) is 20.7 Å². The highest BCUT2D eigenvalue weighted by Crippen LogP contribution is 2.46. The number of hydrogen-bond donors (Lipinski definition) is 1. The Bertz CT molecular complexity index is 1500. The summed E-state index contributed by atoms with van der Waals surface area (Å²) in [4.78, 5) is 33.6. The van der Waals surface area contributed by atoms with Crippen LogP contribution in [0.5, 0.6) is 5.75 Å². The minimum Gasteiger partial charge on any atom is -0.507 e. The number of anilines is 1. The summed E-state index contributed by atoms with van der Waals surface area (Å²) in [5, 5.41) is 14.3. The minimum atomic E-state index is -0.799. The summed E-state index contributed by atoms with van der Waals surface area (Å²) in [6, 6.07) is 11.8. The third-order valence-corrected chi connectivity index (χ3v) is 8.60. The van der Waals surface area contributed by atoms with Crippen LogP contribution < -0.4 is 9.64 Å². The molecule has 1 fully saturated rings. The van der Waals surface area contributed by atoms with Crippen LogP contribution in [0.4, 0.5) is 5.13 Å². The smallest absolute Gasteiger partial charge is 0.301 e. The quantitative estimate of drug-likeness (QED) is 0.167. The van der Waals surface area contributed by atoms with Crippen LogP contribution in [-0.4, -0.2) is 28.9 Å². The number of Topliss-reactive ketones (excluding diaryl/α,β-unsaturated/α-hetero) is 1. The van der Waals surface area contributed by atoms with Gasteiger partial charge in [0.2, 0.25) is 0 Å². The number of ketones is 1. The number of carbonyl (C=O) groups excluding carboxylic acids is 2. The van der Waals surface area contributed by atoms with Crippen molar-refractivity contribution in [3.05, 3.63) is 80.0 Å². The van der Waals surface area contributed by atoms with E-state index in [9.17, 15) is 14.7 Å². The molecule has 3 heterocycles. The Morgan fingerprint density at radius 2 is 1.97 bits per heavy atom. The molecule has 1 amide bonds. The summed E-state index contributed by atoms with van der Waals surface area (Å²) in [5.41, 5.74) is 2.93. The first-order chi connectivity index (χ1) is 17.2. The van der Waals surface area contributed by atoms with Gasteiger partial charge in [0.1, 0.15) is 17.6 Å². The van der Waals surface area contributed by atoms with E-state index in [1.807, 2.05) is 44.4 Å². The Morgan fingerprint density at radius 3 is 2.64 bits per heavy atom. The van der Waals surface area contributed by atoms with Gasteiger partial charge in [0.15, 0.2) is 5.13 Å². The average Bonchev–Trinajstić information content (AvgIpc) is 3.57. The summed E-state index contributed by atoms with van der Waals surface area (Å²) >= 11 is 9.01. The molecule has 0 saturated carbocycles. The predicted molar refractivity (Wildman–Crippen MR) is 146 cm³/mol. The van der Waals surface area contributed by atoms with E-state index in [0.29, 0.717) is 27.0 Å². The van der Waals surface area contributed by atoms with Crippen LogP contribution in [0.1, 0.15) is 47.4 Å². The topological polar surface area (TPSA) is 79.7 Å². The van der Waals surface area contributed by atoms with Crippen molar-refractivity contribution < 1.29 is 19.4 Å². The lowest BCUT2D eigenvalue weighted by atomic mass is 9.95. The molecule has 0 spiro atoms. The van der Waals surface area contributed by atoms with Gasteiger partial charge < -0.3 is 9.84 Å². The molecule has 1 saturated heterocycles. The summed E-state index contributed by atoms with van der Waals surface area (Å²) in [7, 11) is 1.59. The zero-order valence-corrected chi connectivity index (χ0v) is 22.4. The fourth-order valence-corrected chi connectivity index (χ4v) is 6.43. The molecule has 0 bridgehead atoms.